The molecule has 5 heteroatoms. The van der Waals surface area contributed by atoms with Crippen molar-refractivity contribution in [1.82, 2.24) is 9.78 Å². The summed E-state index contributed by atoms with van der Waals surface area (Å²) in [6.45, 7) is 0.400. The molecule has 0 fully saturated rings. The molecule has 3 aromatic rings. The molecule has 0 unspecified atom stereocenters. The van der Waals surface area contributed by atoms with Crippen LogP contribution in [0, 0.1) is 11.3 Å². The number of rotatable bonds is 4. The summed E-state index contributed by atoms with van der Waals surface area (Å²) >= 11 is 0. The summed E-state index contributed by atoms with van der Waals surface area (Å²) in [5, 5.41) is 13.6. The SMILES string of the molecule is N#Cc1ccccc1Cn1cc(C(N)=O)c(-c2ccccc2)n1. The molecular weight excluding hydrogens is 288 g/mol. The van der Waals surface area contributed by atoms with Crippen LogP contribution in [0.5, 0.6) is 0 Å². The van der Waals surface area contributed by atoms with Gasteiger partial charge in [0.25, 0.3) is 5.91 Å². The number of carbonyl (C=O) groups excluding carboxylic acids is 1. The first-order valence-electron chi connectivity index (χ1n) is 7.09. The zero-order valence-corrected chi connectivity index (χ0v) is 12.3. The molecule has 23 heavy (non-hydrogen) atoms. The molecule has 0 aliphatic carbocycles. The second-order valence-electron chi connectivity index (χ2n) is 5.09. The zero-order chi connectivity index (χ0) is 16.2. The summed E-state index contributed by atoms with van der Waals surface area (Å²) in [4.78, 5) is 11.7. The minimum Gasteiger partial charge on any atom is -0.365 e. The van der Waals surface area contributed by atoms with Crippen LogP contribution < -0.4 is 5.73 Å². The molecule has 0 radical (unpaired) electrons. The summed E-state index contributed by atoms with van der Waals surface area (Å²) in [6.07, 6.45) is 1.62. The fraction of sp³-hybridized carbons (Fsp3) is 0.0556. The van der Waals surface area contributed by atoms with Crippen molar-refractivity contribution >= 4 is 5.91 Å². The van der Waals surface area contributed by atoms with Gasteiger partial charge in [-0.1, -0.05) is 48.5 Å². The molecule has 1 aromatic heterocycles. The predicted molar refractivity (Wildman–Crippen MR) is 86.4 cm³/mol. The van der Waals surface area contributed by atoms with E-state index >= 15 is 0 Å². The Bertz CT molecular complexity index is 891. The van der Waals surface area contributed by atoms with E-state index in [1.807, 2.05) is 48.5 Å². The third-order valence-electron chi connectivity index (χ3n) is 3.54. The molecule has 1 heterocycles. The minimum absolute atomic E-state index is 0.366. The van der Waals surface area contributed by atoms with Crippen molar-refractivity contribution in [3.63, 3.8) is 0 Å². The Balaban J connectivity index is 2.02. The third kappa shape index (κ3) is 2.97. The van der Waals surface area contributed by atoms with Crippen LogP contribution in [0.25, 0.3) is 11.3 Å². The molecule has 0 spiro atoms. The summed E-state index contributed by atoms with van der Waals surface area (Å²) in [6, 6.07) is 18.9. The smallest absolute Gasteiger partial charge is 0.252 e. The molecular formula is C18H14N4O. The van der Waals surface area contributed by atoms with Gasteiger partial charge in [0.1, 0.15) is 5.69 Å². The van der Waals surface area contributed by atoms with Crippen LogP contribution in [-0.2, 0) is 6.54 Å². The van der Waals surface area contributed by atoms with Gasteiger partial charge in [-0.3, -0.25) is 9.48 Å². The fourth-order valence-corrected chi connectivity index (χ4v) is 2.43. The maximum Gasteiger partial charge on any atom is 0.252 e. The second kappa shape index (κ2) is 6.16. The number of nitrogens with two attached hydrogens (primary N) is 1. The Hall–Kier alpha value is -3.39. The molecule has 3 rings (SSSR count). The molecule has 5 nitrogen and oxygen atoms in total. The number of primary amides is 1. The van der Waals surface area contributed by atoms with Gasteiger partial charge < -0.3 is 5.73 Å². The molecule has 112 valence electrons. The van der Waals surface area contributed by atoms with Crippen molar-refractivity contribution in [2.45, 2.75) is 6.54 Å². The van der Waals surface area contributed by atoms with Gasteiger partial charge in [0.05, 0.1) is 23.7 Å². The molecule has 0 atom stereocenters. The first-order valence-corrected chi connectivity index (χ1v) is 7.09. The van der Waals surface area contributed by atoms with Gasteiger partial charge in [-0.25, -0.2) is 0 Å². The monoisotopic (exact) mass is 302 g/mol. The summed E-state index contributed by atoms with van der Waals surface area (Å²) in [5.74, 6) is -0.524. The molecule has 0 saturated heterocycles. The second-order valence-corrected chi connectivity index (χ2v) is 5.09. The molecule has 0 aliphatic rings. The Morgan fingerprint density at radius 1 is 1.13 bits per heavy atom. The lowest BCUT2D eigenvalue weighted by Crippen LogP contribution is -2.11. The Morgan fingerprint density at radius 2 is 1.83 bits per heavy atom. The summed E-state index contributed by atoms with van der Waals surface area (Å²) < 4.78 is 1.64. The lowest BCUT2D eigenvalue weighted by molar-refractivity contribution is 0.100. The summed E-state index contributed by atoms with van der Waals surface area (Å²) in [5.41, 5.74) is 8.64. The Labute approximate surface area is 133 Å². The topological polar surface area (TPSA) is 84.7 Å². The third-order valence-corrected chi connectivity index (χ3v) is 3.54. The van der Waals surface area contributed by atoms with Crippen LogP contribution in [0.3, 0.4) is 0 Å². The zero-order valence-electron chi connectivity index (χ0n) is 12.3. The highest BCUT2D eigenvalue weighted by Gasteiger charge is 2.16. The summed E-state index contributed by atoms with van der Waals surface area (Å²) in [7, 11) is 0. The van der Waals surface area contributed by atoms with Crippen LogP contribution in [0.2, 0.25) is 0 Å². The Morgan fingerprint density at radius 3 is 2.52 bits per heavy atom. The molecule has 0 saturated carbocycles. The van der Waals surface area contributed by atoms with Crippen molar-refractivity contribution in [3.8, 4) is 17.3 Å². The van der Waals surface area contributed by atoms with Crippen molar-refractivity contribution in [2.75, 3.05) is 0 Å². The Kier molecular flexibility index (Phi) is 3.89. The van der Waals surface area contributed by atoms with E-state index in [0.717, 1.165) is 11.1 Å². The molecule has 2 aromatic carbocycles. The van der Waals surface area contributed by atoms with E-state index < -0.39 is 5.91 Å². The number of benzene rings is 2. The van der Waals surface area contributed by atoms with Crippen molar-refractivity contribution < 1.29 is 4.79 Å². The molecule has 2 N–H and O–H groups in total. The van der Waals surface area contributed by atoms with Gasteiger partial charge in [0.2, 0.25) is 0 Å². The average Bonchev–Trinajstić information content (AvgIpc) is 3.00. The van der Waals surface area contributed by atoms with Gasteiger partial charge in [-0.15, -0.1) is 0 Å². The number of hydrogen-bond donors (Lipinski definition) is 1. The lowest BCUT2D eigenvalue weighted by atomic mass is 10.1. The van der Waals surface area contributed by atoms with E-state index in [1.54, 1.807) is 16.9 Å². The van der Waals surface area contributed by atoms with Gasteiger partial charge >= 0.3 is 0 Å². The first kappa shape index (κ1) is 14.5. The molecule has 0 bridgehead atoms. The lowest BCUT2D eigenvalue weighted by Gasteiger charge is -2.03. The van der Waals surface area contributed by atoms with Gasteiger partial charge in [0, 0.05) is 11.8 Å². The van der Waals surface area contributed by atoms with E-state index in [9.17, 15) is 4.79 Å². The van der Waals surface area contributed by atoms with E-state index in [-0.39, 0.29) is 0 Å². The van der Waals surface area contributed by atoms with Crippen molar-refractivity contribution in [1.29, 1.82) is 5.26 Å². The van der Waals surface area contributed by atoms with E-state index in [0.29, 0.717) is 23.4 Å². The van der Waals surface area contributed by atoms with Crippen LogP contribution in [0.4, 0.5) is 0 Å². The van der Waals surface area contributed by atoms with E-state index in [4.69, 9.17) is 11.0 Å². The average molecular weight is 302 g/mol. The molecule has 0 aliphatic heterocycles. The molecule has 1 amide bonds. The van der Waals surface area contributed by atoms with E-state index in [2.05, 4.69) is 11.2 Å². The van der Waals surface area contributed by atoms with Crippen LogP contribution in [0.1, 0.15) is 21.5 Å². The number of nitriles is 1. The van der Waals surface area contributed by atoms with Gasteiger partial charge in [-0.2, -0.15) is 10.4 Å². The predicted octanol–water partition coefficient (Wildman–Crippen LogP) is 2.57. The first-order chi connectivity index (χ1) is 11.2. The largest absolute Gasteiger partial charge is 0.365 e. The number of amides is 1. The fourth-order valence-electron chi connectivity index (χ4n) is 2.43. The van der Waals surface area contributed by atoms with Crippen molar-refractivity contribution in [3.05, 3.63) is 77.5 Å². The van der Waals surface area contributed by atoms with E-state index in [1.165, 1.54) is 0 Å². The number of aromatic nitrogens is 2. The van der Waals surface area contributed by atoms with Crippen LogP contribution in [0.15, 0.2) is 60.8 Å². The van der Waals surface area contributed by atoms with Gasteiger partial charge in [0.15, 0.2) is 0 Å². The minimum atomic E-state index is -0.524. The van der Waals surface area contributed by atoms with Crippen LogP contribution >= 0.6 is 0 Å². The highest BCUT2D eigenvalue weighted by atomic mass is 16.1. The highest BCUT2D eigenvalue weighted by Crippen LogP contribution is 2.22. The number of hydrogen-bond acceptors (Lipinski definition) is 3. The standard InChI is InChI=1S/C18H14N4O/c19-10-14-8-4-5-9-15(14)11-22-12-16(18(20)23)17(21-22)13-6-2-1-3-7-13/h1-9,12H,11H2,(H2,20,23). The van der Waals surface area contributed by atoms with Gasteiger partial charge in [-0.05, 0) is 11.6 Å². The highest BCUT2D eigenvalue weighted by molar-refractivity contribution is 5.98. The number of nitrogens with zero attached hydrogens (tertiary/aromatic N) is 3. The normalized spacial score (nSPS) is 10.2. The quantitative estimate of drug-likeness (QED) is 0.803. The maximum absolute atomic E-state index is 11.7. The maximum atomic E-state index is 11.7. The van der Waals surface area contributed by atoms with Crippen LogP contribution in [-0.4, -0.2) is 15.7 Å². The van der Waals surface area contributed by atoms with Crippen molar-refractivity contribution in [2.24, 2.45) is 5.73 Å². The number of carbonyl (C=O) groups is 1.